The average Bonchev–Trinajstić information content (AvgIpc) is 2.61. The molecule has 2 aliphatic rings. The summed E-state index contributed by atoms with van der Waals surface area (Å²) in [4.78, 5) is 11.0. The fraction of sp³-hybridized carbons (Fsp3) is 0.316. The molecule has 1 saturated heterocycles. The molecule has 0 bridgehead atoms. The lowest BCUT2D eigenvalue weighted by molar-refractivity contribution is -0.0382. The number of carboxylic acid groups (broad SMARTS) is 1. The zero-order valence-electron chi connectivity index (χ0n) is 13.0. The predicted octanol–water partition coefficient (Wildman–Crippen LogP) is 4.16. The van der Waals surface area contributed by atoms with Gasteiger partial charge in [-0.25, -0.2) is 9.18 Å². The van der Waals surface area contributed by atoms with E-state index in [1.807, 2.05) is 12.1 Å². The van der Waals surface area contributed by atoms with E-state index in [9.17, 15) is 9.18 Å². The molecule has 4 nitrogen and oxygen atoms in total. The van der Waals surface area contributed by atoms with Crippen molar-refractivity contribution in [3.63, 3.8) is 0 Å². The second kappa shape index (κ2) is 5.91. The SMILES string of the molecule is O=C(O)c1ccc(C2Nc3ccc(F)cc3C3OCCCC23)cc1. The van der Waals surface area contributed by atoms with Crippen molar-refractivity contribution in [2.75, 3.05) is 11.9 Å². The number of carbonyl (C=O) groups is 1. The number of nitrogens with one attached hydrogen (secondary N) is 1. The van der Waals surface area contributed by atoms with Crippen molar-refractivity contribution in [2.24, 2.45) is 5.92 Å². The molecule has 2 aromatic carbocycles. The maximum absolute atomic E-state index is 13.7. The number of fused-ring (bicyclic) bond motifs is 3. The first-order valence-electron chi connectivity index (χ1n) is 8.14. The highest BCUT2D eigenvalue weighted by Crippen LogP contribution is 2.49. The first-order chi connectivity index (χ1) is 11.6. The van der Waals surface area contributed by atoms with Crippen LogP contribution in [-0.2, 0) is 4.74 Å². The smallest absolute Gasteiger partial charge is 0.335 e. The second-order valence-electron chi connectivity index (χ2n) is 6.38. The molecule has 0 aliphatic carbocycles. The number of hydrogen-bond donors (Lipinski definition) is 2. The third-order valence-corrected chi connectivity index (χ3v) is 4.94. The molecule has 3 unspecified atom stereocenters. The van der Waals surface area contributed by atoms with Gasteiger partial charge in [-0.1, -0.05) is 12.1 Å². The van der Waals surface area contributed by atoms with Crippen LogP contribution in [0.25, 0.3) is 0 Å². The Labute approximate surface area is 139 Å². The van der Waals surface area contributed by atoms with Gasteiger partial charge in [0.15, 0.2) is 0 Å². The van der Waals surface area contributed by atoms with E-state index in [2.05, 4.69) is 5.32 Å². The molecule has 3 atom stereocenters. The Kier molecular flexibility index (Phi) is 3.73. The Hall–Kier alpha value is -2.40. The molecule has 4 rings (SSSR count). The maximum atomic E-state index is 13.7. The number of hydrogen-bond acceptors (Lipinski definition) is 3. The molecule has 0 spiro atoms. The fourth-order valence-electron chi connectivity index (χ4n) is 3.80. The Morgan fingerprint density at radius 3 is 2.75 bits per heavy atom. The second-order valence-corrected chi connectivity index (χ2v) is 6.38. The highest BCUT2D eigenvalue weighted by molar-refractivity contribution is 5.87. The van der Waals surface area contributed by atoms with Crippen LogP contribution >= 0.6 is 0 Å². The fourth-order valence-corrected chi connectivity index (χ4v) is 3.80. The van der Waals surface area contributed by atoms with E-state index in [4.69, 9.17) is 9.84 Å². The quantitative estimate of drug-likeness (QED) is 0.869. The molecule has 2 aliphatic heterocycles. The normalized spacial score (nSPS) is 25.3. The van der Waals surface area contributed by atoms with Crippen molar-refractivity contribution < 1.29 is 19.0 Å². The van der Waals surface area contributed by atoms with Crippen molar-refractivity contribution in [3.05, 3.63) is 65.0 Å². The van der Waals surface area contributed by atoms with Crippen LogP contribution in [0.5, 0.6) is 0 Å². The van der Waals surface area contributed by atoms with Gasteiger partial charge < -0.3 is 15.2 Å². The molecule has 2 heterocycles. The van der Waals surface area contributed by atoms with Gasteiger partial charge in [0.2, 0.25) is 0 Å². The van der Waals surface area contributed by atoms with Crippen LogP contribution in [0.3, 0.4) is 0 Å². The lowest BCUT2D eigenvalue weighted by atomic mass is 9.77. The number of ether oxygens (including phenoxy) is 1. The topological polar surface area (TPSA) is 58.6 Å². The number of rotatable bonds is 2. The van der Waals surface area contributed by atoms with Gasteiger partial charge in [-0.3, -0.25) is 0 Å². The Morgan fingerprint density at radius 2 is 2.00 bits per heavy atom. The first-order valence-corrected chi connectivity index (χ1v) is 8.14. The molecule has 5 heteroatoms. The van der Waals surface area contributed by atoms with Crippen LogP contribution in [0.2, 0.25) is 0 Å². The molecule has 124 valence electrons. The minimum absolute atomic E-state index is 0.0242. The van der Waals surface area contributed by atoms with Gasteiger partial charge in [0.05, 0.1) is 17.7 Å². The summed E-state index contributed by atoms with van der Waals surface area (Å²) >= 11 is 0. The summed E-state index contributed by atoms with van der Waals surface area (Å²) in [5.74, 6) is -0.991. The van der Waals surface area contributed by atoms with Crippen molar-refractivity contribution >= 4 is 11.7 Å². The summed E-state index contributed by atoms with van der Waals surface area (Å²) in [6.45, 7) is 0.682. The number of aromatic carboxylic acids is 1. The first kappa shape index (κ1) is 15.1. The van der Waals surface area contributed by atoms with E-state index in [1.54, 1.807) is 24.3 Å². The minimum Gasteiger partial charge on any atom is -0.478 e. The Morgan fingerprint density at radius 1 is 1.21 bits per heavy atom. The van der Waals surface area contributed by atoms with E-state index in [1.165, 1.54) is 6.07 Å². The van der Waals surface area contributed by atoms with Crippen molar-refractivity contribution in [3.8, 4) is 0 Å². The maximum Gasteiger partial charge on any atom is 0.335 e. The zero-order chi connectivity index (χ0) is 16.7. The highest BCUT2D eigenvalue weighted by Gasteiger charge is 2.39. The summed E-state index contributed by atoms with van der Waals surface area (Å²) in [5.41, 5.74) is 3.05. The van der Waals surface area contributed by atoms with Gasteiger partial charge in [-0.2, -0.15) is 0 Å². The van der Waals surface area contributed by atoms with E-state index in [0.29, 0.717) is 6.61 Å². The third-order valence-electron chi connectivity index (χ3n) is 4.94. The average molecular weight is 327 g/mol. The van der Waals surface area contributed by atoms with Gasteiger partial charge >= 0.3 is 5.97 Å². The number of benzene rings is 2. The molecule has 0 saturated carbocycles. The summed E-state index contributed by atoms with van der Waals surface area (Å²) in [6, 6.07) is 11.7. The summed E-state index contributed by atoms with van der Waals surface area (Å²) in [7, 11) is 0. The van der Waals surface area contributed by atoms with E-state index in [0.717, 1.165) is 29.7 Å². The standard InChI is InChI=1S/C19H18FNO3/c20-13-7-8-16-15(10-13)18-14(2-1-9-24-18)17(21-16)11-3-5-12(6-4-11)19(22)23/h3-8,10,14,17-18,21H,1-2,9H2,(H,22,23). The lowest BCUT2D eigenvalue weighted by Crippen LogP contribution is -2.36. The van der Waals surface area contributed by atoms with E-state index in [-0.39, 0.29) is 29.4 Å². The van der Waals surface area contributed by atoms with Crippen LogP contribution in [0.1, 0.15) is 46.5 Å². The molecule has 0 aromatic heterocycles. The Bertz CT molecular complexity index is 775. The summed E-state index contributed by atoms with van der Waals surface area (Å²) < 4.78 is 19.6. The van der Waals surface area contributed by atoms with Crippen molar-refractivity contribution in [1.82, 2.24) is 0 Å². The Balaban J connectivity index is 1.73. The van der Waals surface area contributed by atoms with Gasteiger partial charge in [0.1, 0.15) is 5.82 Å². The molecule has 2 aromatic rings. The molecule has 0 amide bonds. The highest BCUT2D eigenvalue weighted by atomic mass is 19.1. The lowest BCUT2D eigenvalue weighted by Gasteiger charge is -2.43. The monoisotopic (exact) mass is 327 g/mol. The van der Waals surface area contributed by atoms with Gasteiger partial charge in [-0.05, 0) is 48.7 Å². The minimum atomic E-state index is -0.933. The molecule has 0 radical (unpaired) electrons. The van der Waals surface area contributed by atoms with Crippen molar-refractivity contribution in [2.45, 2.75) is 25.0 Å². The molecule has 24 heavy (non-hydrogen) atoms. The molecule has 2 N–H and O–H groups in total. The molecule has 1 fully saturated rings. The number of carboxylic acids is 1. The molecular weight excluding hydrogens is 309 g/mol. The molecular formula is C19H18FNO3. The van der Waals surface area contributed by atoms with E-state index >= 15 is 0 Å². The number of halogens is 1. The van der Waals surface area contributed by atoms with Gasteiger partial charge in [0.25, 0.3) is 0 Å². The van der Waals surface area contributed by atoms with Crippen LogP contribution in [-0.4, -0.2) is 17.7 Å². The van der Waals surface area contributed by atoms with Crippen molar-refractivity contribution in [1.29, 1.82) is 0 Å². The summed E-state index contributed by atoms with van der Waals surface area (Å²) in [6.07, 6.45) is 1.82. The van der Waals surface area contributed by atoms with Crippen LogP contribution in [0.4, 0.5) is 10.1 Å². The van der Waals surface area contributed by atoms with E-state index < -0.39 is 5.97 Å². The predicted molar refractivity (Wildman–Crippen MR) is 87.6 cm³/mol. The van der Waals surface area contributed by atoms with Crippen LogP contribution in [0.15, 0.2) is 42.5 Å². The summed E-state index contributed by atoms with van der Waals surface area (Å²) in [5, 5.41) is 12.6. The largest absolute Gasteiger partial charge is 0.478 e. The third kappa shape index (κ3) is 2.55. The van der Waals surface area contributed by atoms with Crippen LogP contribution in [0, 0.1) is 11.7 Å². The van der Waals surface area contributed by atoms with Gasteiger partial charge in [-0.15, -0.1) is 0 Å². The van der Waals surface area contributed by atoms with Gasteiger partial charge in [0, 0.05) is 23.8 Å². The zero-order valence-corrected chi connectivity index (χ0v) is 13.0. The van der Waals surface area contributed by atoms with Crippen LogP contribution < -0.4 is 5.32 Å². The number of anilines is 1.